The molecule has 1 saturated heterocycles. The van der Waals surface area contributed by atoms with E-state index in [1.165, 1.54) is 13.2 Å². The van der Waals surface area contributed by atoms with Crippen LogP contribution in [0, 0.1) is 11.8 Å². The van der Waals surface area contributed by atoms with E-state index in [0.29, 0.717) is 28.9 Å². The van der Waals surface area contributed by atoms with Crippen LogP contribution in [0.2, 0.25) is 0 Å². The minimum absolute atomic E-state index is 0.149. The first-order chi connectivity index (χ1) is 12.4. The van der Waals surface area contributed by atoms with Crippen LogP contribution in [0.15, 0.2) is 24.3 Å². The average Bonchev–Trinajstić information content (AvgIpc) is 2.62. The summed E-state index contributed by atoms with van der Waals surface area (Å²) in [6, 6.07) is 5.37. The second kappa shape index (κ2) is 9.27. The van der Waals surface area contributed by atoms with Crippen molar-refractivity contribution in [2.24, 2.45) is 11.8 Å². The van der Waals surface area contributed by atoms with Gasteiger partial charge < -0.3 is 19.1 Å². The summed E-state index contributed by atoms with van der Waals surface area (Å²) in [5.41, 5.74) is 0.689. The number of benzene rings is 1. The van der Waals surface area contributed by atoms with Gasteiger partial charge in [0.25, 0.3) is 5.91 Å². The second-order valence-corrected chi connectivity index (χ2v) is 6.77. The average molecular weight is 361 g/mol. The van der Waals surface area contributed by atoms with E-state index in [9.17, 15) is 9.59 Å². The first kappa shape index (κ1) is 19.8. The predicted octanol–water partition coefficient (Wildman–Crippen LogP) is 2.76. The van der Waals surface area contributed by atoms with E-state index in [2.05, 4.69) is 13.8 Å². The van der Waals surface area contributed by atoms with E-state index in [1.54, 1.807) is 36.3 Å². The Morgan fingerprint density at radius 1 is 1.15 bits per heavy atom. The van der Waals surface area contributed by atoms with E-state index in [1.807, 2.05) is 0 Å². The van der Waals surface area contributed by atoms with Gasteiger partial charge in [-0.25, -0.2) is 4.79 Å². The molecule has 26 heavy (non-hydrogen) atoms. The number of carbonyl (C=O) groups is 2. The van der Waals surface area contributed by atoms with Crippen molar-refractivity contribution in [3.8, 4) is 11.5 Å². The first-order valence-electron chi connectivity index (χ1n) is 8.78. The van der Waals surface area contributed by atoms with Crippen LogP contribution < -0.4 is 9.47 Å². The number of piperidine rings is 1. The lowest BCUT2D eigenvalue weighted by atomic mass is 9.92. The van der Waals surface area contributed by atoms with Gasteiger partial charge in [0.15, 0.2) is 18.1 Å². The number of rotatable bonds is 6. The number of para-hydroxylation sites is 1. The first-order valence-corrected chi connectivity index (χ1v) is 8.78. The maximum absolute atomic E-state index is 12.2. The molecular weight excluding hydrogens is 334 g/mol. The molecule has 142 valence electrons. The summed E-state index contributed by atoms with van der Waals surface area (Å²) in [7, 11) is 3.08. The molecule has 6 nitrogen and oxygen atoms in total. The number of hydrogen-bond donors (Lipinski definition) is 0. The molecule has 2 atom stereocenters. The monoisotopic (exact) mass is 361 g/mol. The summed E-state index contributed by atoms with van der Waals surface area (Å²) >= 11 is 0. The highest BCUT2D eigenvalue weighted by atomic mass is 16.5. The summed E-state index contributed by atoms with van der Waals surface area (Å²) in [6.07, 6.45) is 3.99. The van der Waals surface area contributed by atoms with Crippen LogP contribution in [0.3, 0.4) is 0 Å². The number of nitrogens with zero attached hydrogens (tertiary/aromatic N) is 1. The van der Waals surface area contributed by atoms with Crippen molar-refractivity contribution in [1.82, 2.24) is 4.90 Å². The van der Waals surface area contributed by atoms with Crippen LogP contribution in [0.25, 0.3) is 6.08 Å². The highest BCUT2D eigenvalue weighted by Crippen LogP contribution is 2.31. The SMILES string of the molecule is COc1cccc(/C=C/C(=O)OCC(=O)N2C[C@H](C)C[C@H](C)C2)c1OC. The van der Waals surface area contributed by atoms with Gasteiger partial charge in [0.1, 0.15) is 0 Å². The van der Waals surface area contributed by atoms with E-state index < -0.39 is 5.97 Å². The maximum Gasteiger partial charge on any atom is 0.331 e. The minimum atomic E-state index is -0.568. The molecule has 0 radical (unpaired) electrons. The van der Waals surface area contributed by atoms with Crippen molar-refractivity contribution in [3.63, 3.8) is 0 Å². The Hall–Kier alpha value is -2.50. The Labute approximate surface area is 154 Å². The molecule has 0 saturated carbocycles. The van der Waals surface area contributed by atoms with Crippen molar-refractivity contribution in [2.75, 3.05) is 33.9 Å². The molecule has 0 N–H and O–H groups in total. The lowest BCUT2D eigenvalue weighted by Crippen LogP contribution is -2.44. The molecule has 1 aliphatic heterocycles. The number of methoxy groups -OCH3 is 2. The third-order valence-corrected chi connectivity index (χ3v) is 4.39. The van der Waals surface area contributed by atoms with Crippen LogP contribution in [0.5, 0.6) is 11.5 Å². The molecule has 2 rings (SSSR count). The summed E-state index contributed by atoms with van der Waals surface area (Å²) in [4.78, 5) is 26.0. The van der Waals surface area contributed by atoms with Crippen LogP contribution in [0.1, 0.15) is 25.8 Å². The standard InChI is InChI=1S/C20H27NO5/c1-14-10-15(2)12-21(11-14)18(22)13-26-19(23)9-8-16-6-5-7-17(24-3)20(16)25-4/h5-9,14-15H,10-13H2,1-4H3/b9-8+/t14-,15+. The smallest absolute Gasteiger partial charge is 0.331 e. The quantitative estimate of drug-likeness (QED) is 0.576. The van der Waals surface area contributed by atoms with Gasteiger partial charge in [0.05, 0.1) is 14.2 Å². The van der Waals surface area contributed by atoms with Gasteiger partial charge in [0.2, 0.25) is 0 Å². The molecular formula is C20H27NO5. The highest BCUT2D eigenvalue weighted by molar-refractivity contribution is 5.90. The van der Waals surface area contributed by atoms with Gasteiger partial charge >= 0.3 is 5.97 Å². The van der Waals surface area contributed by atoms with Gasteiger partial charge in [-0.1, -0.05) is 26.0 Å². The molecule has 1 aliphatic rings. The Bertz CT molecular complexity index is 660. The van der Waals surface area contributed by atoms with Gasteiger partial charge in [-0.15, -0.1) is 0 Å². The molecule has 1 amide bonds. The number of carbonyl (C=O) groups excluding carboxylic acids is 2. The number of esters is 1. The fourth-order valence-corrected chi connectivity index (χ4v) is 3.34. The fourth-order valence-electron chi connectivity index (χ4n) is 3.34. The van der Waals surface area contributed by atoms with Crippen molar-refractivity contribution < 1.29 is 23.8 Å². The number of ether oxygens (including phenoxy) is 3. The van der Waals surface area contributed by atoms with Gasteiger partial charge in [-0.2, -0.15) is 0 Å². The number of hydrogen-bond acceptors (Lipinski definition) is 5. The molecule has 0 aromatic heterocycles. The molecule has 1 aromatic carbocycles. The zero-order valence-electron chi connectivity index (χ0n) is 15.9. The molecule has 1 heterocycles. The van der Waals surface area contributed by atoms with Crippen molar-refractivity contribution in [2.45, 2.75) is 20.3 Å². The van der Waals surface area contributed by atoms with E-state index in [4.69, 9.17) is 14.2 Å². The Morgan fingerprint density at radius 2 is 1.85 bits per heavy atom. The van der Waals surface area contributed by atoms with Crippen LogP contribution in [-0.4, -0.2) is 50.7 Å². The Balaban J connectivity index is 1.91. The zero-order valence-corrected chi connectivity index (χ0v) is 15.9. The molecule has 0 bridgehead atoms. The third-order valence-electron chi connectivity index (χ3n) is 4.39. The Morgan fingerprint density at radius 3 is 2.46 bits per heavy atom. The molecule has 6 heteroatoms. The third kappa shape index (κ3) is 5.25. The van der Waals surface area contributed by atoms with Crippen LogP contribution in [0.4, 0.5) is 0 Å². The Kier molecular flexibility index (Phi) is 7.06. The van der Waals surface area contributed by atoms with Crippen LogP contribution >= 0.6 is 0 Å². The van der Waals surface area contributed by atoms with E-state index in [0.717, 1.165) is 19.5 Å². The van der Waals surface area contributed by atoms with E-state index in [-0.39, 0.29) is 12.5 Å². The van der Waals surface area contributed by atoms with Gasteiger partial charge in [-0.3, -0.25) is 4.79 Å². The summed E-state index contributed by atoms with van der Waals surface area (Å²) in [5.74, 6) is 1.33. The molecule has 0 aliphatic carbocycles. The molecule has 1 fully saturated rings. The lowest BCUT2D eigenvalue weighted by molar-refractivity contribution is -0.149. The number of amides is 1. The van der Waals surface area contributed by atoms with E-state index >= 15 is 0 Å². The molecule has 0 unspecified atom stereocenters. The van der Waals surface area contributed by atoms with Crippen molar-refractivity contribution in [3.05, 3.63) is 29.8 Å². The normalized spacial score (nSPS) is 20.1. The molecule has 0 spiro atoms. The minimum Gasteiger partial charge on any atom is -0.493 e. The lowest BCUT2D eigenvalue weighted by Gasteiger charge is -2.34. The predicted molar refractivity (Wildman–Crippen MR) is 99.1 cm³/mol. The fraction of sp³-hybridized carbons (Fsp3) is 0.500. The van der Waals surface area contributed by atoms with Crippen molar-refractivity contribution in [1.29, 1.82) is 0 Å². The van der Waals surface area contributed by atoms with Gasteiger partial charge in [-0.05, 0) is 30.4 Å². The number of likely N-dealkylation sites (tertiary alicyclic amines) is 1. The summed E-state index contributed by atoms with van der Waals surface area (Å²) in [5, 5.41) is 0. The summed E-state index contributed by atoms with van der Waals surface area (Å²) in [6.45, 7) is 5.46. The molecule has 1 aromatic rings. The highest BCUT2D eigenvalue weighted by Gasteiger charge is 2.25. The van der Waals surface area contributed by atoms with Crippen molar-refractivity contribution >= 4 is 18.0 Å². The maximum atomic E-state index is 12.2. The topological polar surface area (TPSA) is 65.1 Å². The van der Waals surface area contributed by atoms with Crippen LogP contribution in [-0.2, 0) is 14.3 Å². The summed E-state index contributed by atoms with van der Waals surface area (Å²) < 4.78 is 15.6. The van der Waals surface area contributed by atoms with Gasteiger partial charge in [0, 0.05) is 24.7 Å². The zero-order chi connectivity index (χ0) is 19.1. The largest absolute Gasteiger partial charge is 0.493 e. The second-order valence-electron chi connectivity index (χ2n) is 6.77.